The minimum absolute atomic E-state index is 0.0487. The van der Waals surface area contributed by atoms with Gasteiger partial charge < -0.3 is 5.32 Å². The zero-order valence-electron chi connectivity index (χ0n) is 17.5. The number of nitrogens with one attached hydrogen (secondary N) is 1. The van der Waals surface area contributed by atoms with E-state index in [2.05, 4.69) is 20.7 Å². The first-order chi connectivity index (χ1) is 13.9. The summed E-state index contributed by atoms with van der Waals surface area (Å²) in [5.74, 6) is 0.114. The largest absolute Gasteiger partial charge is 0.337 e. The molecular weight excluding hydrogens is 410 g/mol. The summed E-state index contributed by atoms with van der Waals surface area (Å²) in [6.45, 7) is 5.68. The minimum atomic E-state index is -3.29. The van der Waals surface area contributed by atoms with Gasteiger partial charge in [0.25, 0.3) is 0 Å². The summed E-state index contributed by atoms with van der Waals surface area (Å²) in [7, 11) is -1.66. The Morgan fingerprint density at radius 1 is 1.20 bits per heavy atom. The number of nitrogens with zero attached hydrogens (tertiary/aromatic N) is 6. The average molecular weight is 436 g/mol. The quantitative estimate of drug-likeness (QED) is 0.624. The third kappa shape index (κ3) is 4.42. The van der Waals surface area contributed by atoms with Gasteiger partial charge in [0, 0.05) is 12.8 Å². The van der Waals surface area contributed by atoms with Gasteiger partial charge in [-0.15, -0.1) is 10.2 Å². The van der Waals surface area contributed by atoms with Crippen molar-refractivity contribution in [1.82, 2.24) is 34.7 Å². The Labute approximate surface area is 173 Å². The van der Waals surface area contributed by atoms with Crippen molar-refractivity contribution in [1.29, 1.82) is 0 Å². The molecule has 3 aromatic rings. The second-order valence-electron chi connectivity index (χ2n) is 8.27. The highest BCUT2D eigenvalue weighted by molar-refractivity contribution is 7.90. The molecule has 0 aliphatic carbocycles. The number of benzene rings is 1. The van der Waals surface area contributed by atoms with Crippen LogP contribution in [0.15, 0.2) is 29.1 Å². The van der Waals surface area contributed by atoms with Crippen LogP contribution in [0, 0.1) is 5.41 Å². The molecule has 0 spiro atoms. The molecule has 11 nitrogen and oxygen atoms in total. The fourth-order valence-corrected chi connectivity index (χ4v) is 3.66. The average Bonchev–Trinajstić information content (AvgIpc) is 3.16. The number of carbonyl (C=O) groups is 1. The van der Waals surface area contributed by atoms with Crippen LogP contribution >= 0.6 is 0 Å². The maximum absolute atomic E-state index is 13.2. The summed E-state index contributed by atoms with van der Waals surface area (Å²) in [5, 5.41) is 14.9. The molecule has 0 unspecified atom stereocenters. The Kier molecular flexibility index (Phi) is 5.54. The fourth-order valence-electron chi connectivity index (χ4n) is 3.15. The van der Waals surface area contributed by atoms with E-state index in [1.54, 1.807) is 31.3 Å². The minimum Gasteiger partial charge on any atom is -0.327 e. The number of rotatable bonds is 5. The van der Waals surface area contributed by atoms with Crippen molar-refractivity contribution >= 4 is 26.9 Å². The monoisotopic (exact) mass is 435 g/mol. The number of aromatic nitrogens is 6. The van der Waals surface area contributed by atoms with Crippen molar-refractivity contribution in [2.45, 2.75) is 33.4 Å². The molecule has 0 radical (unpaired) electrons. The van der Waals surface area contributed by atoms with E-state index in [-0.39, 0.29) is 12.3 Å². The van der Waals surface area contributed by atoms with E-state index in [1.165, 1.54) is 9.36 Å². The molecule has 0 aliphatic rings. The number of tetrazole rings is 1. The lowest BCUT2D eigenvalue weighted by molar-refractivity contribution is 0.216. The van der Waals surface area contributed by atoms with Crippen molar-refractivity contribution < 1.29 is 13.2 Å². The second-order valence-corrected chi connectivity index (χ2v) is 10.5. The molecule has 12 heteroatoms. The lowest BCUT2D eigenvalue weighted by atomic mass is 9.86. The summed E-state index contributed by atoms with van der Waals surface area (Å²) in [6.07, 6.45) is 1.10. The van der Waals surface area contributed by atoms with Gasteiger partial charge in [-0.25, -0.2) is 22.6 Å². The van der Waals surface area contributed by atoms with Crippen LogP contribution in [-0.4, -0.2) is 55.8 Å². The standard InChI is InChI=1S/C18H25N7O4S/c1-18(2,3)14(15-20-22-23(4)21-15)19-16(26)25-13-9-7-6-8-12(13)24(17(25)27)10-11-30(5,28)29/h6-9,14H,10-11H2,1-5H3,(H,19,26)/t14-/m1/s1. The van der Waals surface area contributed by atoms with Gasteiger partial charge in [0.05, 0.1) is 29.9 Å². The van der Waals surface area contributed by atoms with Crippen LogP contribution in [0.25, 0.3) is 11.0 Å². The molecule has 0 bridgehead atoms. The number of hydrogen-bond acceptors (Lipinski definition) is 7. The Hall–Kier alpha value is -3.02. The van der Waals surface area contributed by atoms with Gasteiger partial charge in [-0.2, -0.15) is 4.80 Å². The molecule has 1 aromatic carbocycles. The van der Waals surface area contributed by atoms with E-state index in [0.717, 1.165) is 10.8 Å². The number of para-hydroxylation sites is 2. The summed E-state index contributed by atoms with van der Waals surface area (Å²) in [6, 6.07) is 5.49. The Morgan fingerprint density at radius 2 is 1.83 bits per heavy atom. The highest BCUT2D eigenvalue weighted by atomic mass is 32.2. The zero-order valence-corrected chi connectivity index (χ0v) is 18.3. The zero-order chi connectivity index (χ0) is 22.3. The van der Waals surface area contributed by atoms with Crippen LogP contribution in [-0.2, 0) is 23.4 Å². The van der Waals surface area contributed by atoms with Crippen LogP contribution < -0.4 is 11.0 Å². The van der Waals surface area contributed by atoms with E-state index < -0.39 is 33.0 Å². The first-order valence-corrected chi connectivity index (χ1v) is 11.4. The molecule has 0 fully saturated rings. The van der Waals surface area contributed by atoms with E-state index in [0.29, 0.717) is 16.9 Å². The van der Waals surface area contributed by atoms with E-state index in [9.17, 15) is 18.0 Å². The number of amides is 1. The molecule has 2 heterocycles. The van der Waals surface area contributed by atoms with Crippen molar-refractivity contribution in [3.63, 3.8) is 0 Å². The molecule has 0 saturated carbocycles. The molecule has 30 heavy (non-hydrogen) atoms. The molecule has 0 saturated heterocycles. The second kappa shape index (κ2) is 7.67. The van der Waals surface area contributed by atoms with E-state index in [1.807, 2.05) is 20.8 Å². The topological polar surface area (TPSA) is 134 Å². The third-order valence-corrected chi connectivity index (χ3v) is 5.56. The van der Waals surface area contributed by atoms with Gasteiger partial charge in [-0.3, -0.25) is 4.57 Å². The molecule has 2 aromatic heterocycles. The van der Waals surface area contributed by atoms with Crippen LogP contribution in [0.3, 0.4) is 0 Å². The van der Waals surface area contributed by atoms with Gasteiger partial charge in [-0.1, -0.05) is 32.9 Å². The number of aryl methyl sites for hydroxylation is 2. The summed E-state index contributed by atoms with van der Waals surface area (Å²) < 4.78 is 25.5. The van der Waals surface area contributed by atoms with Gasteiger partial charge in [0.2, 0.25) is 0 Å². The molecule has 0 aliphatic heterocycles. The number of sulfone groups is 1. The van der Waals surface area contributed by atoms with Gasteiger partial charge in [0.1, 0.15) is 9.84 Å². The van der Waals surface area contributed by atoms with Crippen LogP contribution in [0.1, 0.15) is 32.6 Å². The molecule has 1 atom stereocenters. The van der Waals surface area contributed by atoms with Crippen molar-refractivity contribution in [2.75, 3.05) is 12.0 Å². The fraction of sp³-hybridized carbons (Fsp3) is 0.500. The summed E-state index contributed by atoms with van der Waals surface area (Å²) >= 11 is 0. The lowest BCUT2D eigenvalue weighted by Crippen LogP contribution is -2.43. The molecule has 1 N–H and O–H groups in total. The molecule has 3 rings (SSSR count). The normalized spacial score (nSPS) is 13.5. The van der Waals surface area contributed by atoms with Crippen LogP contribution in [0.4, 0.5) is 4.79 Å². The van der Waals surface area contributed by atoms with Crippen molar-refractivity contribution in [3.8, 4) is 0 Å². The molecule has 1 amide bonds. The lowest BCUT2D eigenvalue weighted by Gasteiger charge is -2.28. The van der Waals surface area contributed by atoms with Crippen molar-refractivity contribution in [3.05, 3.63) is 40.6 Å². The predicted octanol–water partition coefficient (Wildman–Crippen LogP) is 0.716. The van der Waals surface area contributed by atoms with Crippen LogP contribution in [0.5, 0.6) is 0 Å². The third-order valence-electron chi connectivity index (χ3n) is 4.64. The maximum atomic E-state index is 13.2. The predicted molar refractivity (Wildman–Crippen MR) is 111 cm³/mol. The van der Waals surface area contributed by atoms with Crippen molar-refractivity contribution in [2.24, 2.45) is 12.5 Å². The van der Waals surface area contributed by atoms with E-state index in [4.69, 9.17) is 0 Å². The number of hydrogen-bond donors (Lipinski definition) is 1. The number of fused-ring (bicyclic) bond motifs is 1. The SMILES string of the molecule is Cn1nnc([C@@H](NC(=O)n2c(=O)n(CCS(C)(=O)=O)c3ccccc32)C(C)(C)C)n1. The highest BCUT2D eigenvalue weighted by Crippen LogP contribution is 2.30. The smallest absolute Gasteiger partial charge is 0.327 e. The van der Waals surface area contributed by atoms with E-state index >= 15 is 0 Å². The van der Waals surface area contributed by atoms with Gasteiger partial charge in [0.15, 0.2) is 5.82 Å². The summed E-state index contributed by atoms with van der Waals surface area (Å²) in [4.78, 5) is 27.5. The van der Waals surface area contributed by atoms with Crippen LogP contribution in [0.2, 0.25) is 0 Å². The van der Waals surface area contributed by atoms with Gasteiger partial charge in [-0.05, 0) is 22.8 Å². The Balaban J connectivity index is 2.04. The van der Waals surface area contributed by atoms with Gasteiger partial charge >= 0.3 is 11.7 Å². The Morgan fingerprint density at radius 3 is 2.37 bits per heavy atom. The highest BCUT2D eigenvalue weighted by Gasteiger charge is 2.33. The maximum Gasteiger partial charge on any atom is 0.337 e. The number of imidazole rings is 1. The first kappa shape index (κ1) is 21.7. The summed E-state index contributed by atoms with van der Waals surface area (Å²) in [5.41, 5.74) is -0.214. The number of carbonyl (C=O) groups excluding carboxylic acids is 1. The molecule has 162 valence electrons. The first-order valence-electron chi connectivity index (χ1n) is 9.31. The Bertz CT molecular complexity index is 1250. The molecular formula is C18H25N7O4S.